The quantitative estimate of drug-likeness (QED) is 0.829. The van der Waals surface area contributed by atoms with Gasteiger partial charge in [0.2, 0.25) is 0 Å². The third kappa shape index (κ3) is 2.71. The van der Waals surface area contributed by atoms with E-state index in [1.807, 2.05) is 13.1 Å². The Balaban J connectivity index is 2.14. The van der Waals surface area contributed by atoms with Crippen molar-refractivity contribution >= 4 is 11.6 Å². The fourth-order valence-electron chi connectivity index (χ4n) is 1.71. The van der Waals surface area contributed by atoms with Crippen LogP contribution in [-0.4, -0.2) is 27.0 Å². The predicted molar refractivity (Wildman–Crippen MR) is 70.3 cm³/mol. The van der Waals surface area contributed by atoms with Crippen molar-refractivity contribution in [1.29, 1.82) is 0 Å². The SMILES string of the molecule is CCc1c(NC)ncnc1NCc1ccncn1. The molecule has 0 amide bonds. The molecule has 0 aliphatic heterocycles. The highest BCUT2D eigenvalue weighted by molar-refractivity contribution is 5.57. The molecule has 2 aromatic rings. The zero-order chi connectivity index (χ0) is 12.8. The molecule has 6 nitrogen and oxygen atoms in total. The van der Waals surface area contributed by atoms with Gasteiger partial charge in [-0.3, -0.25) is 0 Å². The van der Waals surface area contributed by atoms with Crippen molar-refractivity contribution in [2.45, 2.75) is 19.9 Å². The second kappa shape index (κ2) is 5.90. The summed E-state index contributed by atoms with van der Waals surface area (Å²) in [5.74, 6) is 1.70. The second-order valence-electron chi connectivity index (χ2n) is 3.71. The standard InChI is InChI=1S/C12H16N6/c1-3-10-11(13-2)17-8-18-12(10)15-6-9-4-5-14-7-16-9/h4-5,7-8H,3,6H2,1-2H3,(H2,13,15,17,18). The van der Waals surface area contributed by atoms with Crippen molar-refractivity contribution in [2.24, 2.45) is 0 Å². The summed E-state index contributed by atoms with van der Waals surface area (Å²) >= 11 is 0. The maximum absolute atomic E-state index is 4.27. The van der Waals surface area contributed by atoms with Crippen molar-refractivity contribution in [3.8, 4) is 0 Å². The van der Waals surface area contributed by atoms with E-state index in [9.17, 15) is 0 Å². The molecule has 0 aliphatic rings. The van der Waals surface area contributed by atoms with Gasteiger partial charge in [0, 0.05) is 18.8 Å². The first-order chi connectivity index (χ1) is 8.85. The molecular weight excluding hydrogens is 228 g/mol. The molecule has 0 saturated carbocycles. The normalized spacial score (nSPS) is 10.1. The second-order valence-corrected chi connectivity index (χ2v) is 3.71. The summed E-state index contributed by atoms with van der Waals surface area (Å²) in [6.07, 6.45) is 5.68. The molecule has 0 aliphatic carbocycles. The molecule has 0 radical (unpaired) electrons. The molecule has 0 unspecified atom stereocenters. The van der Waals surface area contributed by atoms with Crippen LogP contribution in [0.4, 0.5) is 11.6 Å². The van der Waals surface area contributed by atoms with Crippen LogP contribution in [0.15, 0.2) is 24.9 Å². The number of anilines is 2. The van der Waals surface area contributed by atoms with E-state index in [2.05, 4.69) is 37.5 Å². The van der Waals surface area contributed by atoms with E-state index in [-0.39, 0.29) is 0 Å². The smallest absolute Gasteiger partial charge is 0.135 e. The molecule has 0 fully saturated rings. The van der Waals surface area contributed by atoms with Crippen LogP contribution < -0.4 is 10.6 Å². The monoisotopic (exact) mass is 244 g/mol. The summed E-state index contributed by atoms with van der Waals surface area (Å²) in [7, 11) is 1.86. The molecule has 0 aromatic carbocycles. The van der Waals surface area contributed by atoms with Gasteiger partial charge >= 0.3 is 0 Å². The van der Waals surface area contributed by atoms with Gasteiger partial charge in [0.05, 0.1) is 12.2 Å². The van der Waals surface area contributed by atoms with Gasteiger partial charge in [0.1, 0.15) is 24.3 Å². The van der Waals surface area contributed by atoms with Crippen LogP contribution >= 0.6 is 0 Å². The fraction of sp³-hybridized carbons (Fsp3) is 0.333. The van der Waals surface area contributed by atoms with Crippen molar-refractivity contribution in [3.63, 3.8) is 0 Å². The highest BCUT2D eigenvalue weighted by atomic mass is 15.1. The predicted octanol–water partition coefficient (Wildman–Crippen LogP) is 1.48. The van der Waals surface area contributed by atoms with Crippen LogP contribution in [0, 0.1) is 0 Å². The lowest BCUT2D eigenvalue weighted by molar-refractivity contribution is 0.970. The number of nitrogens with zero attached hydrogens (tertiary/aromatic N) is 4. The van der Waals surface area contributed by atoms with Crippen LogP contribution in [0.5, 0.6) is 0 Å². The summed E-state index contributed by atoms with van der Waals surface area (Å²) in [5.41, 5.74) is 2.01. The lowest BCUT2D eigenvalue weighted by atomic mass is 10.2. The Morgan fingerprint density at radius 1 is 1.11 bits per heavy atom. The first-order valence-electron chi connectivity index (χ1n) is 5.85. The number of rotatable bonds is 5. The van der Waals surface area contributed by atoms with Gasteiger partial charge in [0.25, 0.3) is 0 Å². The first-order valence-corrected chi connectivity index (χ1v) is 5.85. The maximum Gasteiger partial charge on any atom is 0.135 e. The zero-order valence-corrected chi connectivity index (χ0v) is 10.5. The van der Waals surface area contributed by atoms with E-state index >= 15 is 0 Å². The van der Waals surface area contributed by atoms with Gasteiger partial charge in [0.15, 0.2) is 0 Å². The van der Waals surface area contributed by atoms with E-state index in [4.69, 9.17) is 0 Å². The summed E-state index contributed by atoms with van der Waals surface area (Å²) in [4.78, 5) is 16.5. The molecule has 0 spiro atoms. The molecule has 2 heterocycles. The molecule has 2 aromatic heterocycles. The topological polar surface area (TPSA) is 75.6 Å². The van der Waals surface area contributed by atoms with Crippen molar-refractivity contribution in [2.75, 3.05) is 17.7 Å². The molecular formula is C12H16N6. The Morgan fingerprint density at radius 3 is 2.61 bits per heavy atom. The van der Waals surface area contributed by atoms with Crippen molar-refractivity contribution in [3.05, 3.63) is 36.2 Å². The Bertz CT molecular complexity index is 499. The van der Waals surface area contributed by atoms with Gasteiger partial charge in [-0.2, -0.15) is 0 Å². The minimum absolute atomic E-state index is 0.621. The van der Waals surface area contributed by atoms with Crippen molar-refractivity contribution in [1.82, 2.24) is 19.9 Å². The lowest BCUT2D eigenvalue weighted by Crippen LogP contribution is -2.08. The molecule has 0 saturated heterocycles. The van der Waals surface area contributed by atoms with Gasteiger partial charge in [-0.25, -0.2) is 19.9 Å². The van der Waals surface area contributed by atoms with Gasteiger partial charge in [-0.15, -0.1) is 0 Å². The highest BCUT2D eigenvalue weighted by Crippen LogP contribution is 2.20. The van der Waals surface area contributed by atoms with Crippen LogP contribution in [0.1, 0.15) is 18.2 Å². The molecule has 6 heteroatoms. The van der Waals surface area contributed by atoms with Gasteiger partial charge < -0.3 is 10.6 Å². The minimum atomic E-state index is 0.621. The minimum Gasteiger partial charge on any atom is -0.373 e. The average Bonchev–Trinajstić information content (AvgIpc) is 2.45. The highest BCUT2D eigenvalue weighted by Gasteiger charge is 2.08. The summed E-state index contributed by atoms with van der Waals surface area (Å²) in [5, 5.41) is 6.34. The van der Waals surface area contributed by atoms with Crippen molar-refractivity contribution < 1.29 is 0 Å². The fourth-order valence-corrected chi connectivity index (χ4v) is 1.71. The first kappa shape index (κ1) is 12.2. The number of nitrogens with one attached hydrogen (secondary N) is 2. The summed E-state index contributed by atoms with van der Waals surface area (Å²) < 4.78 is 0. The van der Waals surface area contributed by atoms with E-state index in [0.717, 1.165) is 29.3 Å². The maximum atomic E-state index is 4.27. The molecule has 0 bridgehead atoms. The van der Waals surface area contributed by atoms with E-state index < -0.39 is 0 Å². The lowest BCUT2D eigenvalue weighted by Gasteiger charge is -2.12. The molecule has 94 valence electrons. The average molecular weight is 244 g/mol. The number of hydrogen-bond donors (Lipinski definition) is 2. The van der Waals surface area contributed by atoms with E-state index in [1.165, 1.54) is 6.33 Å². The van der Waals surface area contributed by atoms with Gasteiger partial charge in [-0.05, 0) is 12.5 Å². The van der Waals surface area contributed by atoms with E-state index in [0.29, 0.717) is 6.54 Å². The zero-order valence-electron chi connectivity index (χ0n) is 10.5. The third-order valence-electron chi connectivity index (χ3n) is 2.62. The largest absolute Gasteiger partial charge is 0.373 e. The Kier molecular flexibility index (Phi) is 4.01. The van der Waals surface area contributed by atoms with Crippen LogP contribution in [0.3, 0.4) is 0 Å². The Morgan fingerprint density at radius 2 is 1.94 bits per heavy atom. The molecule has 18 heavy (non-hydrogen) atoms. The Hall–Kier alpha value is -2.24. The van der Waals surface area contributed by atoms with Crippen LogP contribution in [0.25, 0.3) is 0 Å². The molecule has 0 atom stereocenters. The summed E-state index contributed by atoms with van der Waals surface area (Å²) in [6.45, 7) is 2.70. The number of hydrogen-bond acceptors (Lipinski definition) is 6. The molecule has 2 rings (SSSR count). The van der Waals surface area contributed by atoms with Crippen LogP contribution in [0.2, 0.25) is 0 Å². The summed E-state index contributed by atoms with van der Waals surface area (Å²) in [6, 6.07) is 1.87. The number of aromatic nitrogens is 4. The van der Waals surface area contributed by atoms with Crippen LogP contribution in [-0.2, 0) is 13.0 Å². The third-order valence-corrected chi connectivity index (χ3v) is 2.62. The van der Waals surface area contributed by atoms with E-state index in [1.54, 1.807) is 12.5 Å². The molecule has 2 N–H and O–H groups in total. The Labute approximate surface area is 106 Å². The van der Waals surface area contributed by atoms with Gasteiger partial charge in [-0.1, -0.05) is 6.92 Å².